The highest BCUT2D eigenvalue weighted by Gasteiger charge is 2.29. The molecule has 0 heterocycles. The average molecular weight is 283 g/mol. The molecule has 2 saturated carbocycles. The number of hydrogen-bond acceptors (Lipinski definition) is 2. The van der Waals surface area contributed by atoms with Crippen LogP contribution in [0.4, 0.5) is 0 Å². The van der Waals surface area contributed by atoms with E-state index in [9.17, 15) is 0 Å². The number of carboxylic acid groups (broad SMARTS) is 1. The summed E-state index contributed by atoms with van der Waals surface area (Å²) in [6, 6.07) is 1.13. The topological polar surface area (TPSA) is 90.4 Å². The number of hydrogen-bond donors (Lipinski definition) is 3. The first-order valence-electron chi connectivity index (χ1n) is 7.84. The third kappa shape index (κ3) is 5.80. The molecule has 0 aromatic heterocycles. The molecular formula is C15H29N3O2. The fourth-order valence-electron chi connectivity index (χ4n) is 3.41. The van der Waals surface area contributed by atoms with Gasteiger partial charge >= 0.3 is 0 Å². The van der Waals surface area contributed by atoms with Crippen LogP contribution in [0.5, 0.6) is 0 Å². The monoisotopic (exact) mass is 283 g/mol. The number of rotatable bonds is 2. The maximum absolute atomic E-state index is 9.00. The van der Waals surface area contributed by atoms with E-state index < -0.39 is 5.97 Å². The van der Waals surface area contributed by atoms with Crippen LogP contribution < -0.4 is 5.73 Å². The minimum Gasteiger partial charge on any atom is -0.481 e. The molecule has 0 aromatic rings. The molecule has 5 nitrogen and oxygen atoms in total. The van der Waals surface area contributed by atoms with Gasteiger partial charge in [-0.25, -0.2) is 0 Å². The summed E-state index contributed by atoms with van der Waals surface area (Å²) in [5.74, 6) is -0.515. The van der Waals surface area contributed by atoms with Gasteiger partial charge in [0.05, 0.1) is 0 Å². The van der Waals surface area contributed by atoms with Crippen LogP contribution in [0.3, 0.4) is 0 Å². The first-order valence-corrected chi connectivity index (χ1v) is 7.84. The third-order valence-electron chi connectivity index (χ3n) is 4.21. The van der Waals surface area contributed by atoms with Crippen LogP contribution in [0.25, 0.3) is 0 Å². The largest absolute Gasteiger partial charge is 0.481 e. The Hall–Kier alpha value is -1.26. The van der Waals surface area contributed by atoms with Crippen LogP contribution >= 0.6 is 0 Å². The second kappa shape index (κ2) is 8.82. The van der Waals surface area contributed by atoms with E-state index in [0.29, 0.717) is 18.0 Å². The number of aliphatic carboxylic acids is 1. The summed E-state index contributed by atoms with van der Waals surface area (Å²) in [7, 11) is 0. The Bertz CT molecular complexity index is 286. The molecule has 0 amide bonds. The quantitative estimate of drug-likeness (QED) is 0.537. The van der Waals surface area contributed by atoms with Crippen LogP contribution in [0.2, 0.25) is 0 Å². The summed E-state index contributed by atoms with van der Waals surface area (Å²) in [6.45, 7) is 1.08. The fourth-order valence-corrected chi connectivity index (χ4v) is 3.41. The summed E-state index contributed by atoms with van der Waals surface area (Å²) in [5, 5.41) is 15.2. The van der Waals surface area contributed by atoms with E-state index in [0.717, 1.165) is 6.92 Å². The summed E-state index contributed by atoms with van der Waals surface area (Å²) >= 11 is 0. The minimum atomic E-state index is -0.833. The molecule has 0 aliphatic heterocycles. The molecule has 2 rings (SSSR count). The Labute approximate surface area is 122 Å². The molecule has 0 spiro atoms. The predicted molar refractivity (Wildman–Crippen MR) is 80.8 cm³/mol. The highest BCUT2D eigenvalue weighted by Crippen LogP contribution is 2.29. The maximum atomic E-state index is 9.00. The summed E-state index contributed by atoms with van der Waals surface area (Å²) in [5.41, 5.74) is 5.81. The summed E-state index contributed by atoms with van der Waals surface area (Å²) < 4.78 is 0. The third-order valence-corrected chi connectivity index (χ3v) is 4.21. The van der Waals surface area contributed by atoms with Gasteiger partial charge in [-0.3, -0.25) is 10.2 Å². The average Bonchev–Trinajstić information content (AvgIpc) is 2.40. The molecule has 0 radical (unpaired) electrons. The minimum absolute atomic E-state index is 0.318. The van der Waals surface area contributed by atoms with Crippen molar-refractivity contribution in [1.29, 1.82) is 5.41 Å². The van der Waals surface area contributed by atoms with Crippen molar-refractivity contribution in [2.75, 3.05) is 0 Å². The van der Waals surface area contributed by atoms with Crippen LogP contribution in [-0.4, -0.2) is 34.0 Å². The lowest BCUT2D eigenvalue weighted by Gasteiger charge is -2.42. The zero-order valence-corrected chi connectivity index (χ0v) is 12.6. The molecule has 2 aliphatic rings. The molecule has 0 aromatic carbocycles. The SMILES string of the molecule is CC(=O)O.N=C(N)N(C1CCCCC1)C1CCCCC1. The van der Waals surface area contributed by atoms with Crippen molar-refractivity contribution in [2.24, 2.45) is 5.73 Å². The van der Waals surface area contributed by atoms with Gasteiger partial charge in [0, 0.05) is 19.0 Å². The van der Waals surface area contributed by atoms with E-state index in [-0.39, 0.29) is 0 Å². The van der Waals surface area contributed by atoms with Crippen LogP contribution in [0, 0.1) is 5.41 Å². The highest BCUT2D eigenvalue weighted by atomic mass is 16.4. The first-order chi connectivity index (χ1) is 9.52. The van der Waals surface area contributed by atoms with Gasteiger partial charge in [0.15, 0.2) is 5.96 Å². The summed E-state index contributed by atoms with van der Waals surface area (Å²) in [6.07, 6.45) is 13.0. The molecule has 4 N–H and O–H groups in total. The van der Waals surface area contributed by atoms with Crippen molar-refractivity contribution >= 4 is 11.9 Å². The van der Waals surface area contributed by atoms with Crippen molar-refractivity contribution in [2.45, 2.75) is 83.2 Å². The van der Waals surface area contributed by atoms with E-state index >= 15 is 0 Å². The van der Waals surface area contributed by atoms with Gasteiger partial charge in [-0.1, -0.05) is 38.5 Å². The zero-order chi connectivity index (χ0) is 15.0. The number of nitrogens with one attached hydrogen (secondary N) is 1. The molecule has 116 valence electrons. The molecule has 0 atom stereocenters. The Morgan fingerprint density at radius 2 is 1.30 bits per heavy atom. The van der Waals surface area contributed by atoms with Gasteiger partial charge in [0.25, 0.3) is 5.97 Å². The lowest BCUT2D eigenvalue weighted by Crippen LogP contribution is -2.51. The molecule has 2 aliphatic carbocycles. The lowest BCUT2D eigenvalue weighted by atomic mass is 9.89. The normalized spacial score (nSPS) is 20.6. The first kappa shape index (κ1) is 16.8. The molecule has 20 heavy (non-hydrogen) atoms. The number of carboxylic acids is 1. The fraction of sp³-hybridized carbons (Fsp3) is 0.867. The highest BCUT2D eigenvalue weighted by molar-refractivity contribution is 5.75. The van der Waals surface area contributed by atoms with Crippen molar-refractivity contribution < 1.29 is 9.90 Å². The van der Waals surface area contributed by atoms with E-state index in [1.165, 1.54) is 64.2 Å². The molecule has 0 unspecified atom stereocenters. The Morgan fingerprint density at radius 1 is 1.00 bits per heavy atom. The molecule has 2 fully saturated rings. The maximum Gasteiger partial charge on any atom is 0.300 e. The van der Waals surface area contributed by atoms with Crippen molar-refractivity contribution in [3.8, 4) is 0 Å². The number of nitrogens with two attached hydrogens (primary N) is 1. The standard InChI is InChI=1S/C13H25N3.C2H4O2/c14-13(15)16(11-7-3-1-4-8-11)12-9-5-2-6-10-12;1-2(3)4/h11-12H,1-10H2,(H3,14,15);1H3,(H,3,4). The van der Waals surface area contributed by atoms with Crippen molar-refractivity contribution in [3.05, 3.63) is 0 Å². The van der Waals surface area contributed by atoms with Crippen molar-refractivity contribution in [1.82, 2.24) is 4.90 Å². The van der Waals surface area contributed by atoms with Gasteiger partial charge in [-0.2, -0.15) is 0 Å². The molecule has 0 bridgehead atoms. The molecule has 5 heteroatoms. The van der Waals surface area contributed by atoms with E-state index in [1.54, 1.807) is 0 Å². The van der Waals surface area contributed by atoms with Crippen LogP contribution in [-0.2, 0) is 4.79 Å². The second-order valence-electron chi connectivity index (χ2n) is 5.90. The Kier molecular flexibility index (Phi) is 7.41. The van der Waals surface area contributed by atoms with Crippen LogP contribution in [0.15, 0.2) is 0 Å². The predicted octanol–water partition coefficient (Wildman–Crippen LogP) is 2.94. The van der Waals surface area contributed by atoms with E-state index in [4.69, 9.17) is 21.0 Å². The van der Waals surface area contributed by atoms with Gasteiger partial charge < -0.3 is 15.7 Å². The number of guanidine groups is 1. The summed E-state index contributed by atoms with van der Waals surface area (Å²) in [4.78, 5) is 11.2. The smallest absolute Gasteiger partial charge is 0.300 e. The van der Waals surface area contributed by atoms with Crippen molar-refractivity contribution in [3.63, 3.8) is 0 Å². The van der Waals surface area contributed by atoms with Gasteiger partial charge in [0.1, 0.15) is 0 Å². The van der Waals surface area contributed by atoms with Crippen LogP contribution in [0.1, 0.15) is 71.1 Å². The van der Waals surface area contributed by atoms with Gasteiger partial charge in [0.2, 0.25) is 0 Å². The number of nitrogens with zero attached hydrogens (tertiary/aromatic N) is 1. The second-order valence-corrected chi connectivity index (χ2v) is 5.90. The van der Waals surface area contributed by atoms with Gasteiger partial charge in [-0.15, -0.1) is 0 Å². The Balaban J connectivity index is 0.000000444. The number of carbonyl (C=O) groups is 1. The zero-order valence-electron chi connectivity index (χ0n) is 12.6. The van der Waals surface area contributed by atoms with E-state index in [1.807, 2.05) is 0 Å². The molecule has 0 saturated heterocycles. The lowest BCUT2D eigenvalue weighted by molar-refractivity contribution is -0.134. The Morgan fingerprint density at radius 3 is 1.55 bits per heavy atom. The molecular weight excluding hydrogens is 254 g/mol. The van der Waals surface area contributed by atoms with Gasteiger partial charge in [-0.05, 0) is 25.7 Å². The van der Waals surface area contributed by atoms with E-state index in [2.05, 4.69) is 4.90 Å².